The van der Waals surface area contributed by atoms with E-state index in [1.807, 2.05) is 0 Å². The molecule has 0 bridgehead atoms. The van der Waals surface area contributed by atoms with Gasteiger partial charge in [-0.1, -0.05) is 48.5 Å². The van der Waals surface area contributed by atoms with Crippen LogP contribution in [0.15, 0.2) is 48.5 Å². The van der Waals surface area contributed by atoms with Gasteiger partial charge in [-0.05, 0) is 21.5 Å². The summed E-state index contributed by atoms with van der Waals surface area (Å²) in [6.45, 7) is 0. The molecule has 0 saturated heterocycles. The molecule has 0 atom stereocenters. The Kier molecular flexibility index (Phi) is 3.22. The Bertz CT molecular complexity index is 1160. The third-order valence-corrected chi connectivity index (χ3v) is 4.29. The maximum atomic E-state index is 14.5. The lowest BCUT2D eigenvalue weighted by molar-refractivity contribution is -0.138. The number of alkyl halides is 3. The van der Waals surface area contributed by atoms with Crippen LogP contribution in [0.1, 0.15) is 5.56 Å². The van der Waals surface area contributed by atoms with Crippen molar-refractivity contribution in [3.05, 3.63) is 71.5 Å². The zero-order chi connectivity index (χ0) is 17.9. The van der Waals surface area contributed by atoms with Crippen LogP contribution in [0.3, 0.4) is 0 Å². The molecule has 25 heavy (non-hydrogen) atoms. The Morgan fingerprint density at radius 1 is 0.520 bits per heavy atom. The molecule has 6 heteroatoms. The average molecular weight is 350 g/mol. The molecule has 0 N–H and O–H groups in total. The molecular formula is C19H8F6. The molecule has 0 amide bonds. The van der Waals surface area contributed by atoms with Crippen molar-refractivity contribution in [3.63, 3.8) is 0 Å². The van der Waals surface area contributed by atoms with E-state index >= 15 is 0 Å². The number of halogens is 6. The van der Waals surface area contributed by atoms with Crippen LogP contribution in [0, 0.1) is 17.5 Å². The predicted octanol–water partition coefficient (Wildman–Crippen LogP) is 6.58. The van der Waals surface area contributed by atoms with Crippen molar-refractivity contribution in [2.75, 3.05) is 0 Å². The molecule has 0 heterocycles. The molecule has 0 aromatic heterocycles. The highest BCUT2D eigenvalue weighted by Crippen LogP contribution is 2.45. The quantitative estimate of drug-likeness (QED) is 0.191. The highest BCUT2D eigenvalue weighted by molar-refractivity contribution is 6.26. The molecule has 0 aliphatic heterocycles. The highest BCUT2D eigenvalue weighted by atomic mass is 19.4. The molecule has 0 aliphatic carbocycles. The van der Waals surface area contributed by atoms with Gasteiger partial charge in [0.25, 0.3) is 0 Å². The molecule has 126 valence electrons. The van der Waals surface area contributed by atoms with Crippen molar-refractivity contribution >= 4 is 32.3 Å². The van der Waals surface area contributed by atoms with Crippen LogP contribution in [0.4, 0.5) is 26.3 Å². The second kappa shape index (κ2) is 5.12. The van der Waals surface area contributed by atoms with Gasteiger partial charge in [0.2, 0.25) is 0 Å². The van der Waals surface area contributed by atoms with E-state index < -0.39 is 40.0 Å². The summed E-state index contributed by atoms with van der Waals surface area (Å²) in [5, 5.41) is -0.261. The summed E-state index contributed by atoms with van der Waals surface area (Å²) in [6.07, 6.45) is -5.18. The molecule has 0 spiro atoms. The number of rotatable bonds is 0. The topological polar surface area (TPSA) is 0 Å². The molecule has 0 nitrogen and oxygen atoms in total. The molecule has 0 fully saturated rings. The Labute approximate surface area is 137 Å². The summed E-state index contributed by atoms with van der Waals surface area (Å²) in [4.78, 5) is 0. The van der Waals surface area contributed by atoms with E-state index in [9.17, 15) is 26.3 Å². The van der Waals surface area contributed by atoms with Gasteiger partial charge in [0, 0.05) is 10.8 Å². The van der Waals surface area contributed by atoms with Gasteiger partial charge in [-0.2, -0.15) is 13.2 Å². The van der Waals surface area contributed by atoms with Gasteiger partial charge >= 0.3 is 6.18 Å². The third kappa shape index (κ3) is 2.10. The van der Waals surface area contributed by atoms with E-state index in [0.717, 1.165) is 0 Å². The van der Waals surface area contributed by atoms with E-state index in [0.29, 0.717) is 10.8 Å². The first-order chi connectivity index (χ1) is 11.8. The molecule has 0 saturated carbocycles. The maximum Gasteiger partial charge on any atom is 0.419 e. The summed E-state index contributed by atoms with van der Waals surface area (Å²) in [5.74, 6) is -5.97. The Morgan fingerprint density at radius 3 is 1.44 bits per heavy atom. The van der Waals surface area contributed by atoms with E-state index in [4.69, 9.17) is 0 Å². The van der Waals surface area contributed by atoms with Gasteiger partial charge in [-0.3, -0.25) is 0 Å². The number of fused-ring (bicyclic) bond motifs is 6. The normalized spacial score (nSPS) is 12.4. The van der Waals surface area contributed by atoms with Crippen LogP contribution in [0.2, 0.25) is 0 Å². The largest absolute Gasteiger partial charge is 0.419 e. The average Bonchev–Trinajstić information content (AvgIpc) is 2.58. The van der Waals surface area contributed by atoms with Crippen LogP contribution in [0.25, 0.3) is 32.3 Å². The summed E-state index contributed by atoms with van der Waals surface area (Å²) < 4.78 is 83.0. The first-order valence-corrected chi connectivity index (χ1v) is 7.29. The third-order valence-electron chi connectivity index (χ3n) is 4.29. The van der Waals surface area contributed by atoms with E-state index in [1.54, 1.807) is 24.3 Å². The lowest BCUT2D eigenvalue weighted by atomic mass is 9.90. The SMILES string of the molecule is Fc1c(F)c(C(F)(F)F)c2c3ccccc3c3ccccc3c2c1F. The molecular weight excluding hydrogens is 342 g/mol. The van der Waals surface area contributed by atoms with Gasteiger partial charge < -0.3 is 0 Å². The van der Waals surface area contributed by atoms with Crippen molar-refractivity contribution in [1.82, 2.24) is 0 Å². The first kappa shape index (κ1) is 15.7. The summed E-state index contributed by atoms with van der Waals surface area (Å²) in [6, 6.07) is 12.1. The molecule has 4 aromatic rings. The zero-order valence-electron chi connectivity index (χ0n) is 12.4. The van der Waals surface area contributed by atoms with E-state index in [-0.39, 0.29) is 10.8 Å². The Morgan fingerprint density at radius 2 is 0.960 bits per heavy atom. The van der Waals surface area contributed by atoms with Crippen LogP contribution in [-0.2, 0) is 6.18 Å². The lowest BCUT2D eigenvalue weighted by Gasteiger charge is -2.17. The van der Waals surface area contributed by atoms with Crippen LogP contribution >= 0.6 is 0 Å². The van der Waals surface area contributed by atoms with Crippen molar-refractivity contribution in [2.24, 2.45) is 0 Å². The summed E-state index contributed by atoms with van der Waals surface area (Å²) in [7, 11) is 0. The van der Waals surface area contributed by atoms with Gasteiger partial charge in [-0.15, -0.1) is 0 Å². The minimum absolute atomic E-state index is 0.0151. The van der Waals surface area contributed by atoms with E-state index in [1.165, 1.54) is 24.3 Å². The molecule has 4 aromatic carbocycles. The Hall–Kier alpha value is -2.76. The lowest BCUT2D eigenvalue weighted by Crippen LogP contribution is -2.12. The molecule has 0 unspecified atom stereocenters. The first-order valence-electron chi connectivity index (χ1n) is 7.29. The van der Waals surface area contributed by atoms with Crippen molar-refractivity contribution in [1.29, 1.82) is 0 Å². The Balaban J connectivity index is 2.49. The van der Waals surface area contributed by atoms with E-state index in [2.05, 4.69) is 0 Å². The zero-order valence-corrected chi connectivity index (χ0v) is 12.4. The molecule has 4 rings (SSSR count). The number of hydrogen-bond acceptors (Lipinski definition) is 0. The fourth-order valence-corrected chi connectivity index (χ4v) is 3.32. The number of hydrogen-bond donors (Lipinski definition) is 0. The van der Waals surface area contributed by atoms with Gasteiger partial charge in [0.05, 0.1) is 0 Å². The van der Waals surface area contributed by atoms with Crippen molar-refractivity contribution in [3.8, 4) is 0 Å². The standard InChI is InChI=1S/C19H8F6/c20-16-14-12-8-4-2-6-10(12)9-5-1-3-7-11(9)13(14)15(19(23,24)25)17(21)18(16)22/h1-8H. The summed E-state index contributed by atoms with van der Waals surface area (Å²) >= 11 is 0. The van der Waals surface area contributed by atoms with Crippen LogP contribution in [-0.4, -0.2) is 0 Å². The highest BCUT2D eigenvalue weighted by Gasteiger charge is 2.40. The summed E-state index contributed by atoms with van der Waals surface area (Å²) in [5.41, 5.74) is -1.79. The molecule has 0 radical (unpaired) electrons. The fourth-order valence-electron chi connectivity index (χ4n) is 3.32. The fraction of sp³-hybridized carbons (Fsp3) is 0.0526. The van der Waals surface area contributed by atoms with Gasteiger partial charge in [0.15, 0.2) is 17.5 Å². The van der Waals surface area contributed by atoms with Gasteiger partial charge in [0.1, 0.15) is 5.56 Å². The minimum atomic E-state index is -5.18. The second-order valence-corrected chi connectivity index (χ2v) is 5.66. The maximum absolute atomic E-state index is 14.5. The molecule has 0 aliphatic rings. The predicted molar refractivity (Wildman–Crippen MR) is 83.8 cm³/mol. The van der Waals surface area contributed by atoms with Crippen LogP contribution in [0.5, 0.6) is 0 Å². The van der Waals surface area contributed by atoms with Crippen LogP contribution < -0.4 is 0 Å². The smallest absolute Gasteiger partial charge is 0.203 e. The van der Waals surface area contributed by atoms with Crippen molar-refractivity contribution in [2.45, 2.75) is 6.18 Å². The minimum Gasteiger partial charge on any atom is -0.203 e. The van der Waals surface area contributed by atoms with Crippen molar-refractivity contribution < 1.29 is 26.3 Å². The van der Waals surface area contributed by atoms with Gasteiger partial charge in [-0.25, -0.2) is 13.2 Å². The monoisotopic (exact) mass is 350 g/mol. The number of benzene rings is 4. The second-order valence-electron chi connectivity index (χ2n) is 5.66.